The Labute approximate surface area is 120 Å². The number of hydrogen-bond donors (Lipinski definition) is 2. The van der Waals surface area contributed by atoms with E-state index in [4.69, 9.17) is 11.2 Å². The number of terminal acetylenes is 1. The minimum absolute atomic E-state index is 0.245. The van der Waals surface area contributed by atoms with E-state index in [1.165, 1.54) is 0 Å². The number of sulfonamides is 1. The second-order valence-corrected chi connectivity index (χ2v) is 6.13. The molecule has 0 amide bonds. The van der Waals surface area contributed by atoms with Gasteiger partial charge in [-0.1, -0.05) is 24.1 Å². The highest BCUT2D eigenvalue weighted by molar-refractivity contribution is 7.88. The quantitative estimate of drug-likeness (QED) is 0.521. The molecule has 5 nitrogen and oxygen atoms in total. The molecule has 0 saturated heterocycles. The first-order valence-electron chi connectivity index (χ1n) is 6.32. The third kappa shape index (κ3) is 7.14. The van der Waals surface area contributed by atoms with Crippen molar-refractivity contribution in [3.63, 3.8) is 0 Å². The molecule has 0 aliphatic rings. The average Bonchev–Trinajstić information content (AvgIpc) is 2.40. The number of para-hydroxylation sites is 1. The van der Waals surface area contributed by atoms with E-state index in [1.54, 1.807) is 0 Å². The van der Waals surface area contributed by atoms with Crippen molar-refractivity contribution in [2.45, 2.75) is 13.0 Å². The van der Waals surface area contributed by atoms with Crippen molar-refractivity contribution in [1.29, 1.82) is 0 Å². The lowest BCUT2D eigenvalue weighted by molar-refractivity contribution is 0.365. The van der Waals surface area contributed by atoms with Crippen molar-refractivity contribution in [3.05, 3.63) is 29.8 Å². The van der Waals surface area contributed by atoms with Gasteiger partial charge < -0.3 is 10.1 Å². The molecule has 2 N–H and O–H groups in total. The largest absolute Gasteiger partial charge is 0.481 e. The molecule has 0 bridgehead atoms. The maximum atomic E-state index is 10.9. The molecule has 1 aromatic rings. The summed E-state index contributed by atoms with van der Waals surface area (Å²) >= 11 is 0. The number of hydrogen-bond acceptors (Lipinski definition) is 4. The van der Waals surface area contributed by atoms with Crippen LogP contribution in [0.5, 0.6) is 5.75 Å². The lowest BCUT2D eigenvalue weighted by Crippen LogP contribution is -2.26. The Balaban J connectivity index is 2.30. The number of rotatable bonds is 9. The minimum atomic E-state index is -3.10. The number of nitrogens with one attached hydrogen (secondary N) is 2. The lowest BCUT2D eigenvalue weighted by Gasteiger charge is -2.10. The summed E-state index contributed by atoms with van der Waals surface area (Å²) in [5.41, 5.74) is 1.03. The molecular weight excluding hydrogens is 276 g/mol. The fraction of sp³-hybridized carbons (Fsp3) is 0.429. The van der Waals surface area contributed by atoms with Gasteiger partial charge in [-0.2, -0.15) is 0 Å². The number of ether oxygens (including phenoxy) is 1. The molecule has 0 fully saturated rings. The van der Waals surface area contributed by atoms with Crippen LogP contribution in [0.1, 0.15) is 12.0 Å². The zero-order chi connectivity index (χ0) is 14.8. The van der Waals surface area contributed by atoms with Crippen molar-refractivity contribution >= 4 is 10.0 Å². The van der Waals surface area contributed by atoms with Gasteiger partial charge in [0, 0.05) is 18.7 Å². The number of benzene rings is 1. The smallest absolute Gasteiger partial charge is 0.208 e. The van der Waals surface area contributed by atoms with Crippen LogP contribution in [0.2, 0.25) is 0 Å². The van der Waals surface area contributed by atoms with E-state index in [1.807, 2.05) is 24.3 Å². The van der Waals surface area contributed by atoms with Gasteiger partial charge in [-0.05, 0) is 19.0 Å². The van der Waals surface area contributed by atoms with Gasteiger partial charge in [-0.15, -0.1) is 6.42 Å². The molecule has 0 saturated carbocycles. The van der Waals surface area contributed by atoms with Crippen LogP contribution in [0, 0.1) is 12.3 Å². The Hall–Kier alpha value is -1.55. The normalized spacial score (nSPS) is 11.0. The molecule has 1 rings (SSSR count). The van der Waals surface area contributed by atoms with Crippen molar-refractivity contribution in [1.82, 2.24) is 10.0 Å². The Kier molecular flexibility index (Phi) is 7.09. The molecule has 0 heterocycles. The highest BCUT2D eigenvalue weighted by atomic mass is 32.2. The standard InChI is InChI=1S/C14H20N2O3S/c1-3-11-19-14-8-5-4-7-13(14)12-15-9-6-10-16-20(2,17)18/h1,4-5,7-8,15-16H,6,9-12H2,2H3. The summed E-state index contributed by atoms with van der Waals surface area (Å²) in [5.74, 6) is 3.20. The van der Waals surface area contributed by atoms with Crippen LogP contribution in [0.3, 0.4) is 0 Å². The van der Waals surface area contributed by atoms with Gasteiger partial charge in [-0.3, -0.25) is 0 Å². The molecule has 0 aliphatic heterocycles. The van der Waals surface area contributed by atoms with Gasteiger partial charge in [0.15, 0.2) is 0 Å². The Morgan fingerprint density at radius 3 is 2.75 bits per heavy atom. The molecule has 6 heteroatoms. The highest BCUT2D eigenvalue weighted by Gasteiger charge is 2.02. The van der Waals surface area contributed by atoms with E-state index in [2.05, 4.69) is 16.0 Å². The molecular formula is C14H20N2O3S. The molecule has 0 aliphatic carbocycles. The summed E-state index contributed by atoms with van der Waals surface area (Å²) in [7, 11) is -3.10. The van der Waals surface area contributed by atoms with E-state index in [9.17, 15) is 8.42 Å². The molecule has 0 radical (unpaired) electrons. The van der Waals surface area contributed by atoms with E-state index < -0.39 is 10.0 Å². The summed E-state index contributed by atoms with van der Waals surface area (Å²) in [6.45, 7) is 2.04. The minimum Gasteiger partial charge on any atom is -0.481 e. The predicted molar refractivity (Wildman–Crippen MR) is 79.9 cm³/mol. The summed E-state index contributed by atoms with van der Waals surface area (Å²) in [6.07, 6.45) is 7.04. The van der Waals surface area contributed by atoms with Crippen LogP contribution >= 0.6 is 0 Å². The van der Waals surface area contributed by atoms with Crippen molar-refractivity contribution in [2.24, 2.45) is 0 Å². The SMILES string of the molecule is C#CCOc1ccccc1CNCCCNS(C)(=O)=O. The first kappa shape index (κ1) is 16.5. The van der Waals surface area contributed by atoms with Crippen molar-refractivity contribution in [3.8, 4) is 18.1 Å². The maximum absolute atomic E-state index is 10.9. The zero-order valence-electron chi connectivity index (χ0n) is 11.6. The van der Waals surface area contributed by atoms with Gasteiger partial charge in [-0.25, -0.2) is 13.1 Å². The zero-order valence-corrected chi connectivity index (χ0v) is 12.4. The molecule has 0 unspecified atom stereocenters. The second-order valence-electron chi connectivity index (χ2n) is 4.30. The van der Waals surface area contributed by atoms with Crippen LogP contribution in [-0.2, 0) is 16.6 Å². The summed E-state index contributed by atoms with van der Waals surface area (Å²) in [5, 5.41) is 3.24. The van der Waals surface area contributed by atoms with Gasteiger partial charge in [0.1, 0.15) is 12.4 Å². The van der Waals surface area contributed by atoms with Crippen LogP contribution in [-0.4, -0.2) is 34.4 Å². The van der Waals surface area contributed by atoms with Gasteiger partial charge >= 0.3 is 0 Å². The van der Waals surface area contributed by atoms with E-state index in [-0.39, 0.29) is 6.61 Å². The molecule has 20 heavy (non-hydrogen) atoms. The monoisotopic (exact) mass is 296 g/mol. The lowest BCUT2D eigenvalue weighted by atomic mass is 10.2. The topological polar surface area (TPSA) is 67.4 Å². The van der Waals surface area contributed by atoms with Crippen molar-refractivity contribution < 1.29 is 13.2 Å². The Bertz CT molecular complexity index is 550. The van der Waals surface area contributed by atoms with Gasteiger partial charge in [0.2, 0.25) is 10.0 Å². The average molecular weight is 296 g/mol. The summed E-state index contributed by atoms with van der Waals surface area (Å²) in [4.78, 5) is 0. The molecule has 1 aromatic carbocycles. The Morgan fingerprint density at radius 2 is 2.05 bits per heavy atom. The predicted octanol–water partition coefficient (Wildman–Crippen LogP) is 0.728. The second kappa shape index (κ2) is 8.59. The van der Waals surface area contributed by atoms with Crippen LogP contribution in [0.25, 0.3) is 0 Å². The molecule has 0 atom stereocenters. The van der Waals surface area contributed by atoms with E-state index in [0.29, 0.717) is 19.6 Å². The fourth-order valence-electron chi connectivity index (χ4n) is 1.60. The molecule has 0 aromatic heterocycles. The van der Waals surface area contributed by atoms with Crippen LogP contribution < -0.4 is 14.8 Å². The van der Waals surface area contributed by atoms with E-state index >= 15 is 0 Å². The Morgan fingerprint density at radius 1 is 1.30 bits per heavy atom. The fourth-order valence-corrected chi connectivity index (χ4v) is 2.12. The molecule has 0 spiro atoms. The third-order valence-electron chi connectivity index (χ3n) is 2.49. The van der Waals surface area contributed by atoms with E-state index in [0.717, 1.165) is 24.0 Å². The van der Waals surface area contributed by atoms with Crippen molar-refractivity contribution in [2.75, 3.05) is 26.0 Å². The first-order valence-corrected chi connectivity index (χ1v) is 8.21. The van der Waals surface area contributed by atoms with Gasteiger partial charge in [0.05, 0.1) is 6.26 Å². The molecule has 110 valence electrons. The van der Waals surface area contributed by atoms with Crippen LogP contribution in [0.4, 0.5) is 0 Å². The van der Waals surface area contributed by atoms with Gasteiger partial charge in [0.25, 0.3) is 0 Å². The summed E-state index contributed by atoms with van der Waals surface area (Å²) in [6, 6.07) is 7.67. The highest BCUT2D eigenvalue weighted by Crippen LogP contribution is 2.17. The van der Waals surface area contributed by atoms with Crippen LogP contribution in [0.15, 0.2) is 24.3 Å². The maximum Gasteiger partial charge on any atom is 0.208 e. The third-order valence-corrected chi connectivity index (χ3v) is 3.22. The summed E-state index contributed by atoms with van der Waals surface area (Å²) < 4.78 is 29.6. The first-order chi connectivity index (χ1) is 9.53.